The number of hydrogen-bond donors (Lipinski definition) is 0. The van der Waals surface area contributed by atoms with Gasteiger partial charge in [0.1, 0.15) is 5.78 Å². The van der Waals surface area contributed by atoms with Crippen molar-refractivity contribution in [1.82, 2.24) is 0 Å². The largest absolute Gasteiger partial charge is 0.299 e. The van der Waals surface area contributed by atoms with Crippen LogP contribution in [0.4, 0.5) is 0 Å². The molecule has 0 aromatic carbocycles. The summed E-state index contributed by atoms with van der Waals surface area (Å²) in [5.74, 6) is 0.740. The zero-order valence-electron chi connectivity index (χ0n) is 11.6. The monoisotopic (exact) mass is 256 g/mol. The fraction of sp³-hybridized carbons (Fsp3) is 0.412. The molecule has 0 radical (unpaired) electrons. The van der Waals surface area contributed by atoms with Gasteiger partial charge in [0.25, 0.3) is 0 Å². The second kappa shape index (κ2) is 5.96. The smallest absolute Gasteiger partial charge is 0.159 e. The van der Waals surface area contributed by atoms with E-state index in [2.05, 4.69) is 12.2 Å². The lowest BCUT2D eigenvalue weighted by molar-refractivity contribution is -0.118. The van der Waals surface area contributed by atoms with Gasteiger partial charge < -0.3 is 0 Å². The molecule has 0 heterocycles. The Hall–Kier alpha value is -1.70. The van der Waals surface area contributed by atoms with Gasteiger partial charge in [0.2, 0.25) is 0 Å². The van der Waals surface area contributed by atoms with Crippen LogP contribution in [0.25, 0.3) is 0 Å². The minimum absolute atomic E-state index is 0.00226. The second-order valence-corrected chi connectivity index (χ2v) is 5.31. The molecule has 2 atom stereocenters. The van der Waals surface area contributed by atoms with Gasteiger partial charge in [-0.15, -0.1) is 0 Å². The second-order valence-electron chi connectivity index (χ2n) is 5.31. The molecule has 19 heavy (non-hydrogen) atoms. The molecule has 0 amide bonds. The number of allylic oxidation sites excluding steroid dienone is 8. The summed E-state index contributed by atoms with van der Waals surface area (Å²) < 4.78 is 0. The Balaban J connectivity index is 1.78. The van der Waals surface area contributed by atoms with E-state index in [1.807, 2.05) is 24.3 Å². The third-order valence-corrected chi connectivity index (χ3v) is 3.78. The van der Waals surface area contributed by atoms with Crippen molar-refractivity contribution in [3.8, 4) is 0 Å². The van der Waals surface area contributed by atoms with Crippen molar-refractivity contribution in [2.45, 2.75) is 33.1 Å². The van der Waals surface area contributed by atoms with Gasteiger partial charge in [-0.25, -0.2) is 0 Å². The first kappa shape index (κ1) is 13.7. The van der Waals surface area contributed by atoms with Gasteiger partial charge in [-0.3, -0.25) is 9.59 Å². The molecular weight excluding hydrogens is 236 g/mol. The van der Waals surface area contributed by atoms with Crippen molar-refractivity contribution in [3.05, 3.63) is 47.6 Å². The molecule has 0 aliphatic heterocycles. The number of rotatable bonds is 6. The van der Waals surface area contributed by atoms with Crippen LogP contribution in [-0.4, -0.2) is 11.6 Å². The van der Waals surface area contributed by atoms with E-state index < -0.39 is 0 Å². The van der Waals surface area contributed by atoms with E-state index in [4.69, 9.17) is 0 Å². The van der Waals surface area contributed by atoms with Crippen LogP contribution in [-0.2, 0) is 9.59 Å². The van der Waals surface area contributed by atoms with Crippen LogP contribution in [0.1, 0.15) is 33.1 Å². The van der Waals surface area contributed by atoms with Crippen molar-refractivity contribution in [3.63, 3.8) is 0 Å². The van der Waals surface area contributed by atoms with Gasteiger partial charge in [0.05, 0.1) is 5.92 Å². The van der Waals surface area contributed by atoms with Crippen molar-refractivity contribution >= 4 is 11.6 Å². The minimum atomic E-state index is 0.00226. The average Bonchev–Trinajstić information content (AvgIpc) is 2.97. The Bertz CT molecular complexity index is 503. The summed E-state index contributed by atoms with van der Waals surface area (Å²) in [7, 11) is 0. The van der Waals surface area contributed by atoms with Gasteiger partial charge in [0.15, 0.2) is 5.78 Å². The SMILES string of the molecule is CC(=O)C1=CC(CCCC2=CC=CC2C(C)=O)C=C1. The van der Waals surface area contributed by atoms with E-state index in [1.54, 1.807) is 13.8 Å². The molecule has 2 aliphatic carbocycles. The summed E-state index contributed by atoms with van der Waals surface area (Å²) in [6.07, 6.45) is 15.1. The van der Waals surface area contributed by atoms with Crippen LogP contribution >= 0.6 is 0 Å². The van der Waals surface area contributed by atoms with Crippen LogP contribution in [0.5, 0.6) is 0 Å². The van der Waals surface area contributed by atoms with E-state index in [0.29, 0.717) is 5.92 Å². The predicted molar refractivity (Wildman–Crippen MR) is 76.6 cm³/mol. The fourth-order valence-electron chi connectivity index (χ4n) is 2.68. The van der Waals surface area contributed by atoms with E-state index in [1.165, 1.54) is 5.57 Å². The van der Waals surface area contributed by atoms with E-state index in [9.17, 15) is 9.59 Å². The third-order valence-electron chi connectivity index (χ3n) is 3.78. The highest BCUT2D eigenvalue weighted by Gasteiger charge is 2.19. The molecule has 0 fully saturated rings. The maximum Gasteiger partial charge on any atom is 0.159 e. The minimum Gasteiger partial charge on any atom is -0.299 e. The fourth-order valence-corrected chi connectivity index (χ4v) is 2.68. The quantitative estimate of drug-likeness (QED) is 0.728. The number of ketones is 2. The molecule has 0 bridgehead atoms. The lowest BCUT2D eigenvalue weighted by Gasteiger charge is -2.11. The number of Topliss-reactive ketones (excluding diaryl/α,β-unsaturated/α-hetero) is 2. The average molecular weight is 256 g/mol. The van der Waals surface area contributed by atoms with E-state index in [0.717, 1.165) is 24.8 Å². The highest BCUT2D eigenvalue weighted by molar-refractivity contribution is 5.96. The Morgan fingerprint density at radius 2 is 2.00 bits per heavy atom. The van der Waals surface area contributed by atoms with Crippen LogP contribution in [0.2, 0.25) is 0 Å². The Labute approximate surface area is 114 Å². The normalized spacial score (nSPS) is 24.5. The first-order valence-electron chi connectivity index (χ1n) is 6.86. The maximum absolute atomic E-state index is 11.4. The van der Waals surface area contributed by atoms with E-state index in [-0.39, 0.29) is 17.5 Å². The molecule has 0 saturated carbocycles. The molecular formula is C17H20O2. The van der Waals surface area contributed by atoms with Gasteiger partial charge in [-0.2, -0.15) is 0 Å². The van der Waals surface area contributed by atoms with Gasteiger partial charge in [-0.1, -0.05) is 42.0 Å². The highest BCUT2D eigenvalue weighted by Crippen LogP contribution is 2.28. The lowest BCUT2D eigenvalue weighted by Crippen LogP contribution is -2.09. The number of carbonyl (C=O) groups is 2. The number of hydrogen-bond acceptors (Lipinski definition) is 2. The highest BCUT2D eigenvalue weighted by atomic mass is 16.1. The summed E-state index contributed by atoms with van der Waals surface area (Å²) >= 11 is 0. The third kappa shape index (κ3) is 3.40. The predicted octanol–water partition coefficient (Wildman–Crippen LogP) is 3.56. The Morgan fingerprint density at radius 1 is 1.21 bits per heavy atom. The van der Waals surface area contributed by atoms with Crippen LogP contribution < -0.4 is 0 Å². The summed E-state index contributed by atoms with van der Waals surface area (Å²) in [5, 5.41) is 0. The molecule has 0 spiro atoms. The van der Waals surface area contributed by atoms with Crippen molar-refractivity contribution in [1.29, 1.82) is 0 Å². The van der Waals surface area contributed by atoms with Crippen LogP contribution in [0.15, 0.2) is 47.6 Å². The topological polar surface area (TPSA) is 34.1 Å². The Kier molecular flexibility index (Phi) is 4.31. The van der Waals surface area contributed by atoms with Crippen molar-refractivity contribution in [2.75, 3.05) is 0 Å². The van der Waals surface area contributed by atoms with E-state index >= 15 is 0 Å². The molecule has 2 unspecified atom stereocenters. The van der Waals surface area contributed by atoms with Gasteiger partial charge >= 0.3 is 0 Å². The van der Waals surface area contributed by atoms with Gasteiger partial charge in [0, 0.05) is 5.57 Å². The van der Waals surface area contributed by atoms with Gasteiger partial charge in [-0.05, 0) is 39.0 Å². The molecule has 2 nitrogen and oxygen atoms in total. The van der Waals surface area contributed by atoms with Crippen LogP contribution in [0, 0.1) is 11.8 Å². The summed E-state index contributed by atoms with van der Waals surface area (Å²) in [5.41, 5.74) is 2.05. The molecule has 0 N–H and O–H groups in total. The first-order valence-corrected chi connectivity index (χ1v) is 6.86. The molecule has 2 heteroatoms. The summed E-state index contributed by atoms with van der Waals surface area (Å²) in [6, 6.07) is 0. The number of carbonyl (C=O) groups excluding carboxylic acids is 2. The molecule has 0 aromatic heterocycles. The molecule has 0 aromatic rings. The van der Waals surface area contributed by atoms with Crippen LogP contribution in [0.3, 0.4) is 0 Å². The molecule has 0 saturated heterocycles. The van der Waals surface area contributed by atoms with Crippen molar-refractivity contribution in [2.24, 2.45) is 11.8 Å². The lowest BCUT2D eigenvalue weighted by atomic mass is 9.92. The van der Waals surface area contributed by atoms with Crippen molar-refractivity contribution < 1.29 is 9.59 Å². The zero-order chi connectivity index (χ0) is 13.8. The maximum atomic E-state index is 11.4. The molecule has 2 aliphatic rings. The standard InChI is InChI=1S/C17H20O2/c1-12(18)16-10-9-14(11-16)5-3-6-15-7-4-8-17(15)13(2)19/h4,7-11,14,17H,3,5-6H2,1-2H3. The summed E-state index contributed by atoms with van der Waals surface area (Å²) in [6.45, 7) is 3.25. The zero-order valence-corrected chi connectivity index (χ0v) is 11.6. The Morgan fingerprint density at radius 3 is 2.63 bits per heavy atom. The first-order chi connectivity index (χ1) is 9.08. The molecule has 2 rings (SSSR count). The summed E-state index contributed by atoms with van der Waals surface area (Å²) in [4.78, 5) is 22.7. The molecule has 100 valence electrons.